The van der Waals surface area contributed by atoms with Crippen molar-refractivity contribution in [2.24, 2.45) is 11.7 Å². The van der Waals surface area contributed by atoms with Gasteiger partial charge in [0.15, 0.2) is 0 Å². The van der Waals surface area contributed by atoms with Crippen LogP contribution in [0.4, 0.5) is 0 Å². The molecule has 2 atom stereocenters. The Bertz CT molecular complexity index is 159. The highest BCUT2D eigenvalue weighted by atomic mass is 16.5. The molecule has 3 N–H and O–H groups in total. The van der Waals surface area contributed by atoms with E-state index in [1.54, 1.807) is 0 Å². The second kappa shape index (κ2) is 1.55. The molecule has 2 unspecified atom stereocenters. The highest BCUT2D eigenvalue weighted by Gasteiger charge is 2.64. The number of aliphatic hydroxyl groups is 1. The molecule has 10 heavy (non-hydrogen) atoms. The van der Waals surface area contributed by atoms with Gasteiger partial charge in [0.05, 0.1) is 18.8 Å². The Hall–Kier alpha value is -0.120. The van der Waals surface area contributed by atoms with E-state index in [9.17, 15) is 5.11 Å². The van der Waals surface area contributed by atoms with Crippen LogP contribution in [0.15, 0.2) is 0 Å². The predicted molar refractivity (Wildman–Crippen MR) is 36.5 cm³/mol. The number of hydrogen-bond donors (Lipinski definition) is 2. The van der Waals surface area contributed by atoms with Crippen molar-refractivity contribution in [1.82, 2.24) is 0 Å². The maximum Gasteiger partial charge on any atom is 0.129 e. The lowest BCUT2D eigenvalue weighted by molar-refractivity contribution is -0.197. The number of rotatable bonds is 1. The molecule has 1 saturated carbocycles. The Kier molecular flexibility index (Phi) is 1.02. The summed E-state index contributed by atoms with van der Waals surface area (Å²) in [6, 6.07) is 0. The molecule has 1 heterocycles. The van der Waals surface area contributed by atoms with Crippen molar-refractivity contribution in [3.8, 4) is 0 Å². The summed E-state index contributed by atoms with van der Waals surface area (Å²) in [4.78, 5) is 0. The molecule has 0 spiro atoms. The fraction of sp³-hybridized carbons (Fsp3) is 1.00. The van der Waals surface area contributed by atoms with Gasteiger partial charge < -0.3 is 15.6 Å². The molecular formula is C7H13NO2. The maximum atomic E-state index is 9.73. The summed E-state index contributed by atoms with van der Waals surface area (Å²) in [7, 11) is 0. The topological polar surface area (TPSA) is 55.5 Å². The molecule has 0 aromatic heterocycles. The normalized spacial score (nSPS) is 50.1. The first-order chi connectivity index (χ1) is 4.58. The van der Waals surface area contributed by atoms with E-state index in [1.165, 1.54) is 0 Å². The summed E-state index contributed by atoms with van der Waals surface area (Å²) in [5.41, 5.74) is 4.87. The molecule has 2 rings (SSSR count). The van der Waals surface area contributed by atoms with Crippen molar-refractivity contribution in [3.05, 3.63) is 0 Å². The van der Waals surface area contributed by atoms with Gasteiger partial charge >= 0.3 is 0 Å². The molecule has 58 valence electrons. The van der Waals surface area contributed by atoms with Crippen molar-refractivity contribution in [2.45, 2.75) is 24.5 Å². The average Bonchev–Trinajstić information content (AvgIpc) is 2.37. The fourth-order valence-electron chi connectivity index (χ4n) is 1.66. The molecule has 0 aromatic rings. The first-order valence-electron chi connectivity index (χ1n) is 3.67. The van der Waals surface area contributed by atoms with Crippen molar-refractivity contribution < 1.29 is 9.84 Å². The molecule has 1 aliphatic heterocycles. The Morgan fingerprint density at radius 2 is 2.10 bits per heavy atom. The number of nitrogens with two attached hydrogens (primary N) is 1. The molecule has 3 heteroatoms. The summed E-state index contributed by atoms with van der Waals surface area (Å²) < 4.78 is 4.92. The van der Waals surface area contributed by atoms with Crippen molar-refractivity contribution >= 4 is 0 Å². The zero-order valence-corrected chi connectivity index (χ0v) is 6.13. The maximum absolute atomic E-state index is 9.73. The minimum absolute atomic E-state index is 0.328. The van der Waals surface area contributed by atoms with E-state index in [2.05, 4.69) is 6.92 Å². The summed E-state index contributed by atoms with van der Waals surface area (Å²) in [6.07, 6.45) is 0.937. The molecule has 1 aliphatic carbocycles. The van der Waals surface area contributed by atoms with E-state index in [1.807, 2.05) is 0 Å². The molecule has 2 aliphatic rings. The molecule has 0 bridgehead atoms. The molecular weight excluding hydrogens is 130 g/mol. The standard InChI is InChI=1S/C7H13NO2/c1-5-2-7(5,8)6(9)3-10-4-6/h5,9H,2-4,8H2,1H3. The zero-order valence-electron chi connectivity index (χ0n) is 6.13. The molecule has 1 saturated heterocycles. The lowest BCUT2D eigenvalue weighted by Gasteiger charge is -2.42. The third-order valence-corrected chi connectivity index (χ3v) is 2.91. The Balaban J connectivity index is 2.11. The Labute approximate surface area is 60.2 Å². The van der Waals surface area contributed by atoms with Gasteiger partial charge in [-0.1, -0.05) is 6.92 Å². The largest absolute Gasteiger partial charge is 0.383 e. The van der Waals surface area contributed by atoms with Crippen LogP contribution in [-0.4, -0.2) is 29.5 Å². The van der Waals surface area contributed by atoms with Gasteiger partial charge in [-0.15, -0.1) is 0 Å². The van der Waals surface area contributed by atoms with Gasteiger partial charge in [0, 0.05) is 0 Å². The van der Waals surface area contributed by atoms with E-state index < -0.39 is 5.60 Å². The van der Waals surface area contributed by atoms with Gasteiger partial charge in [-0.25, -0.2) is 0 Å². The van der Waals surface area contributed by atoms with Gasteiger partial charge in [-0.05, 0) is 12.3 Å². The van der Waals surface area contributed by atoms with Gasteiger partial charge in [-0.2, -0.15) is 0 Å². The predicted octanol–water partition coefficient (Wildman–Crippen LogP) is -0.515. The molecule has 2 fully saturated rings. The third kappa shape index (κ3) is 0.557. The second-order valence-electron chi connectivity index (χ2n) is 3.67. The van der Waals surface area contributed by atoms with E-state index in [-0.39, 0.29) is 5.54 Å². The zero-order chi connectivity index (χ0) is 7.41. The Morgan fingerprint density at radius 1 is 1.60 bits per heavy atom. The van der Waals surface area contributed by atoms with Gasteiger partial charge in [0.2, 0.25) is 0 Å². The van der Waals surface area contributed by atoms with Gasteiger partial charge in [0.25, 0.3) is 0 Å². The van der Waals surface area contributed by atoms with E-state index in [0.29, 0.717) is 19.1 Å². The van der Waals surface area contributed by atoms with Gasteiger partial charge in [0.1, 0.15) is 5.60 Å². The minimum Gasteiger partial charge on any atom is -0.383 e. The summed E-state index contributed by atoms with van der Waals surface area (Å²) >= 11 is 0. The number of hydrogen-bond acceptors (Lipinski definition) is 3. The van der Waals surface area contributed by atoms with Crippen LogP contribution in [0.3, 0.4) is 0 Å². The van der Waals surface area contributed by atoms with Crippen LogP contribution in [-0.2, 0) is 4.74 Å². The quantitative estimate of drug-likeness (QED) is 0.519. The highest BCUT2D eigenvalue weighted by molar-refractivity contribution is 5.20. The molecule has 3 nitrogen and oxygen atoms in total. The molecule has 0 aromatic carbocycles. The van der Waals surface area contributed by atoms with Crippen LogP contribution in [0.1, 0.15) is 13.3 Å². The first kappa shape index (κ1) is 6.58. The van der Waals surface area contributed by atoms with Crippen molar-refractivity contribution in [3.63, 3.8) is 0 Å². The van der Waals surface area contributed by atoms with E-state index >= 15 is 0 Å². The average molecular weight is 143 g/mol. The SMILES string of the molecule is CC1CC1(N)C1(O)COC1. The minimum atomic E-state index is -0.702. The van der Waals surface area contributed by atoms with Crippen LogP contribution in [0.5, 0.6) is 0 Å². The lowest BCUT2D eigenvalue weighted by Crippen LogP contribution is -2.64. The third-order valence-electron chi connectivity index (χ3n) is 2.91. The number of ether oxygens (including phenoxy) is 1. The highest BCUT2D eigenvalue weighted by Crippen LogP contribution is 2.50. The summed E-state index contributed by atoms with van der Waals surface area (Å²) in [5.74, 6) is 0.460. The van der Waals surface area contributed by atoms with Crippen LogP contribution in [0, 0.1) is 5.92 Å². The van der Waals surface area contributed by atoms with Crippen LogP contribution >= 0.6 is 0 Å². The van der Waals surface area contributed by atoms with Crippen LogP contribution in [0.2, 0.25) is 0 Å². The smallest absolute Gasteiger partial charge is 0.129 e. The second-order valence-corrected chi connectivity index (χ2v) is 3.67. The van der Waals surface area contributed by atoms with Gasteiger partial charge in [-0.3, -0.25) is 0 Å². The fourth-order valence-corrected chi connectivity index (χ4v) is 1.66. The lowest BCUT2D eigenvalue weighted by atomic mass is 9.89. The first-order valence-corrected chi connectivity index (χ1v) is 3.67. The monoisotopic (exact) mass is 143 g/mol. The summed E-state index contributed by atoms with van der Waals surface area (Å²) in [6.45, 7) is 2.91. The van der Waals surface area contributed by atoms with Crippen LogP contribution in [0.25, 0.3) is 0 Å². The molecule has 0 amide bonds. The van der Waals surface area contributed by atoms with Crippen LogP contribution < -0.4 is 5.73 Å². The van der Waals surface area contributed by atoms with Crippen molar-refractivity contribution in [1.29, 1.82) is 0 Å². The summed E-state index contributed by atoms with van der Waals surface area (Å²) in [5, 5.41) is 9.73. The van der Waals surface area contributed by atoms with E-state index in [0.717, 1.165) is 6.42 Å². The molecule has 0 radical (unpaired) electrons. The van der Waals surface area contributed by atoms with Crippen molar-refractivity contribution in [2.75, 3.05) is 13.2 Å². The Morgan fingerprint density at radius 3 is 2.20 bits per heavy atom. The van der Waals surface area contributed by atoms with E-state index in [4.69, 9.17) is 10.5 Å².